The van der Waals surface area contributed by atoms with Gasteiger partial charge in [0.2, 0.25) is 5.91 Å². The molecule has 0 aromatic heterocycles. The Balaban J connectivity index is 3.42. The normalized spacial score (nSPS) is 12.8. The molecule has 6 nitrogen and oxygen atoms in total. The lowest BCUT2D eigenvalue weighted by molar-refractivity contribution is -0.143. The zero-order valence-corrected chi connectivity index (χ0v) is 54.5. The van der Waals surface area contributed by atoms with Crippen LogP contribution in [0.1, 0.15) is 393 Å². The molecule has 81 heavy (non-hydrogen) atoms. The standard InChI is InChI=1S/C75H141NO5/c1-3-5-7-9-11-13-15-17-18-19-20-21-22-28-31-34-37-40-44-47-51-55-59-63-67-73(78)72(71-77)76-74(79)68-64-60-56-52-48-45-41-38-35-32-29-26-24-23-25-27-30-33-36-39-42-46-50-54-58-62-66-70-81-75(80)69-65-61-57-53-49-43-16-14-12-10-8-6-4-2/h8,10,14,16,23-24,63,67,72-73,77-78H,3-7,9,11-13,15,17-22,25-62,64-66,68-71H2,1-2H3,(H,76,79)/b10-8-,16-14-,24-23-,67-63+. The molecule has 0 rings (SSSR count). The number of amides is 1. The molecule has 0 heterocycles. The third-order valence-electron chi connectivity index (χ3n) is 16.8. The first-order valence-corrected chi connectivity index (χ1v) is 36.4. The van der Waals surface area contributed by atoms with E-state index in [9.17, 15) is 19.8 Å². The maximum Gasteiger partial charge on any atom is 0.305 e. The van der Waals surface area contributed by atoms with Crippen LogP contribution in [0.15, 0.2) is 48.6 Å². The second kappa shape index (κ2) is 70.3. The number of aliphatic hydroxyl groups excluding tert-OH is 2. The summed E-state index contributed by atoms with van der Waals surface area (Å²) in [6.45, 7) is 4.87. The molecule has 1 amide bonds. The molecule has 0 spiro atoms. The molecule has 0 bridgehead atoms. The molecule has 0 fully saturated rings. The van der Waals surface area contributed by atoms with Crippen LogP contribution < -0.4 is 5.32 Å². The minimum Gasteiger partial charge on any atom is -0.466 e. The number of esters is 1. The van der Waals surface area contributed by atoms with Crippen LogP contribution in [0.3, 0.4) is 0 Å². The molecule has 2 atom stereocenters. The summed E-state index contributed by atoms with van der Waals surface area (Å²) in [6, 6.07) is -0.631. The molecule has 0 aliphatic rings. The molecular weight excluding hydrogens is 995 g/mol. The number of rotatable bonds is 68. The van der Waals surface area contributed by atoms with Gasteiger partial charge in [-0.2, -0.15) is 0 Å². The van der Waals surface area contributed by atoms with Crippen LogP contribution in [0.4, 0.5) is 0 Å². The summed E-state index contributed by atoms with van der Waals surface area (Å²) in [5, 5.41) is 23.3. The number of carbonyl (C=O) groups is 2. The van der Waals surface area contributed by atoms with Crippen LogP contribution in [0.5, 0.6) is 0 Å². The molecule has 0 radical (unpaired) electrons. The van der Waals surface area contributed by atoms with Crippen LogP contribution >= 0.6 is 0 Å². The number of nitrogens with one attached hydrogen (secondary N) is 1. The first-order valence-electron chi connectivity index (χ1n) is 36.4. The molecule has 0 aromatic carbocycles. The number of hydrogen-bond donors (Lipinski definition) is 3. The average molecular weight is 1140 g/mol. The van der Waals surface area contributed by atoms with Crippen molar-refractivity contribution < 1.29 is 24.5 Å². The Morgan fingerprint density at radius 3 is 1.00 bits per heavy atom. The summed E-state index contributed by atoms with van der Waals surface area (Å²) >= 11 is 0. The monoisotopic (exact) mass is 1140 g/mol. The van der Waals surface area contributed by atoms with E-state index < -0.39 is 12.1 Å². The Bertz CT molecular complexity index is 1360. The van der Waals surface area contributed by atoms with Crippen molar-refractivity contribution in [2.75, 3.05) is 13.2 Å². The van der Waals surface area contributed by atoms with E-state index in [1.165, 1.54) is 315 Å². The summed E-state index contributed by atoms with van der Waals surface area (Å²) in [6.07, 6.45) is 92.0. The van der Waals surface area contributed by atoms with E-state index in [4.69, 9.17) is 4.74 Å². The van der Waals surface area contributed by atoms with Crippen LogP contribution in [0, 0.1) is 0 Å². The minimum absolute atomic E-state index is 0.000461. The molecule has 0 aromatic rings. The number of hydrogen-bond acceptors (Lipinski definition) is 5. The van der Waals surface area contributed by atoms with E-state index in [0.717, 1.165) is 51.4 Å². The molecule has 6 heteroatoms. The van der Waals surface area contributed by atoms with Gasteiger partial charge in [0.25, 0.3) is 0 Å². The van der Waals surface area contributed by atoms with Crippen LogP contribution in [-0.2, 0) is 14.3 Å². The average Bonchev–Trinajstić information content (AvgIpc) is 3.47. The van der Waals surface area contributed by atoms with Gasteiger partial charge < -0.3 is 20.3 Å². The highest BCUT2D eigenvalue weighted by Gasteiger charge is 2.18. The molecule has 0 aliphatic heterocycles. The van der Waals surface area contributed by atoms with Crippen molar-refractivity contribution >= 4 is 11.9 Å². The van der Waals surface area contributed by atoms with Gasteiger partial charge >= 0.3 is 5.97 Å². The van der Waals surface area contributed by atoms with Crippen molar-refractivity contribution in [1.82, 2.24) is 5.32 Å². The van der Waals surface area contributed by atoms with Gasteiger partial charge in [0.1, 0.15) is 0 Å². The van der Waals surface area contributed by atoms with Gasteiger partial charge in [-0.05, 0) is 83.5 Å². The van der Waals surface area contributed by atoms with Crippen molar-refractivity contribution in [3.05, 3.63) is 48.6 Å². The second-order valence-corrected chi connectivity index (χ2v) is 24.9. The third kappa shape index (κ3) is 66.8. The smallest absolute Gasteiger partial charge is 0.305 e. The summed E-state index contributed by atoms with van der Waals surface area (Å²) in [5.41, 5.74) is 0. The molecule has 0 saturated heterocycles. The molecular formula is C75H141NO5. The van der Waals surface area contributed by atoms with E-state index >= 15 is 0 Å². The van der Waals surface area contributed by atoms with Gasteiger partial charge in [-0.25, -0.2) is 0 Å². The van der Waals surface area contributed by atoms with E-state index in [1.54, 1.807) is 6.08 Å². The van der Waals surface area contributed by atoms with Crippen LogP contribution in [-0.4, -0.2) is 47.4 Å². The molecule has 0 aliphatic carbocycles. The van der Waals surface area contributed by atoms with Crippen LogP contribution in [0.25, 0.3) is 0 Å². The molecule has 3 N–H and O–H groups in total. The zero-order valence-electron chi connectivity index (χ0n) is 54.5. The fraction of sp³-hybridized carbons (Fsp3) is 0.867. The lowest BCUT2D eigenvalue weighted by Crippen LogP contribution is -2.45. The number of ether oxygens (including phenoxy) is 1. The van der Waals surface area contributed by atoms with Crippen molar-refractivity contribution in [2.24, 2.45) is 0 Å². The zero-order chi connectivity index (χ0) is 58.5. The summed E-state index contributed by atoms with van der Waals surface area (Å²) in [4.78, 5) is 24.6. The van der Waals surface area contributed by atoms with Crippen LogP contribution in [0.2, 0.25) is 0 Å². The Hall–Kier alpha value is -2.18. The van der Waals surface area contributed by atoms with E-state index in [-0.39, 0.29) is 18.5 Å². The summed E-state index contributed by atoms with van der Waals surface area (Å²) in [7, 11) is 0. The Labute approximate surface area is 506 Å². The lowest BCUT2D eigenvalue weighted by Gasteiger charge is -2.20. The Morgan fingerprint density at radius 1 is 0.346 bits per heavy atom. The Morgan fingerprint density at radius 2 is 0.642 bits per heavy atom. The fourth-order valence-electron chi connectivity index (χ4n) is 11.3. The highest BCUT2D eigenvalue weighted by Crippen LogP contribution is 2.18. The predicted octanol–water partition coefficient (Wildman–Crippen LogP) is 23.6. The van der Waals surface area contributed by atoms with E-state index in [2.05, 4.69) is 55.6 Å². The topological polar surface area (TPSA) is 95.9 Å². The largest absolute Gasteiger partial charge is 0.466 e. The van der Waals surface area contributed by atoms with Gasteiger partial charge in [0.15, 0.2) is 0 Å². The van der Waals surface area contributed by atoms with Crippen molar-refractivity contribution in [3.63, 3.8) is 0 Å². The SMILES string of the molecule is CCC/C=C\C/C=C\CCCCCCCC(=O)OCCCCCCCCCCCCCC/C=C\CCCCCCCCCCCCCC(=O)NC(CO)C(O)/C=C/CCCCCCCCCCCCCCCCCCCCCCCC. The lowest BCUT2D eigenvalue weighted by atomic mass is 10.0. The van der Waals surface area contributed by atoms with Gasteiger partial charge in [0, 0.05) is 12.8 Å². The minimum atomic E-state index is -0.847. The second-order valence-electron chi connectivity index (χ2n) is 24.9. The first-order chi connectivity index (χ1) is 40.0. The Kier molecular flexibility index (Phi) is 68.4. The fourth-order valence-corrected chi connectivity index (χ4v) is 11.3. The van der Waals surface area contributed by atoms with Gasteiger partial charge in [-0.3, -0.25) is 9.59 Å². The first kappa shape index (κ1) is 78.8. The van der Waals surface area contributed by atoms with Gasteiger partial charge in [0.05, 0.1) is 25.4 Å². The van der Waals surface area contributed by atoms with Crippen molar-refractivity contribution in [2.45, 2.75) is 405 Å². The maximum absolute atomic E-state index is 12.5. The molecule has 0 saturated carbocycles. The number of carbonyl (C=O) groups excluding carboxylic acids is 2. The quantitative estimate of drug-likeness (QED) is 0.0320. The molecule has 476 valence electrons. The van der Waals surface area contributed by atoms with Crippen molar-refractivity contribution in [1.29, 1.82) is 0 Å². The predicted molar refractivity (Wildman–Crippen MR) is 356 cm³/mol. The highest BCUT2D eigenvalue weighted by molar-refractivity contribution is 5.76. The van der Waals surface area contributed by atoms with Gasteiger partial charge in [-0.15, -0.1) is 0 Å². The number of aliphatic hydroxyl groups is 2. The summed E-state index contributed by atoms with van der Waals surface area (Å²) < 4.78 is 5.47. The third-order valence-corrected chi connectivity index (χ3v) is 16.8. The number of unbranched alkanes of at least 4 members (excludes halogenated alkanes) is 51. The summed E-state index contributed by atoms with van der Waals surface area (Å²) in [5.74, 6) is -0.0656. The maximum atomic E-state index is 12.5. The van der Waals surface area contributed by atoms with Crippen molar-refractivity contribution in [3.8, 4) is 0 Å². The van der Waals surface area contributed by atoms with E-state index in [0.29, 0.717) is 19.4 Å². The number of allylic oxidation sites excluding steroid dienone is 7. The van der Waals surface area contributed by atoms with Gasteiger partial charge in [-0.1, -0.05) is 345 Å². The molecule has 2 unspecified atom stereocenters. The highest BCUT2D eigenvalue weighted by atomic mass is 16.5. The van der Waals surface area contributed by atoms with E-state index in [1.807, 2.05) is 6.08 Å².